The average molecular weight is 370 g/mol. The average Bonchev–Trinajstić information content (AvgIpc) is 2.38. The zero-order chi connectivity index (χ0) is 15.8. The zero-order valence-electron chi connectivity index (χ0n) is 11.9. The van der Waals surface area contributed by atoms with Crippen molar-refractivity contribution in [2.75, 3.05) is 10.5 Å². The Balaban J connectivity index is 2.48. The molecule has 0 aliphatic heterocycles. The molecular formula is C14H16BrN3O2S. The van der Waals surface area contributed by atoms with Gasteiger partial charge in [-0.3, -0.25) is 4.72 Å². The smallest absolute Gasteiger partial charge is 0.263 e. The van der Waals surface area contributed by atoms with Crippen LogP contribution in [-0.2, 0) is 10.0 Å². The predicted octanol–water partition coefficient (Wildman–Crippen LogP) is 3.15. The van der Waals surface area contributed by atoms with E-state index in [9.17, 15) is 8.42 Å². The van der Waals surface area contributed by atoms with Gasteiger partial charge in [-0.25, -0.2) is 13.4 Å². The van der Waals surface area contributed by atoms with Gasteiger partial charge in [0.05, 0.1) is 4.90 Å². The number of anilines is 2. The van der Waals surface area contributed by atoms with E-state index in [0.29, 0.717) is 16.8 Å². The number of nitrogens with one attached hydrogen (secondary N) is 1. The Bertz CT molecular complexity index is 804. The van der Waals surface area contributed by atoms with Gasteiger partial charge in [-0.15, -0.1) is 0 Å². The number of aromatic nitrogens is 1. The highest BCUT2D eigenvalue weighted by Gasteiger charge is 2.21. The van der Waals surface area contributed by atoms with Crippen LogP contribution in [0.4, 0.5) is 11.5 Å². The zero-order valence-corrected chi connectivity index (χ0v) is 14.3. The second kappa shape index (κ2) is 5.65. The highest BCUT2D eigenvalue weighted by atomic mass is 79.9. The summed E-state index contributed by atoms with van der Waals surface area (Å²) in [4.78, 5) is 4.26. The van der Waals surface area contributed by atoms with Crippen molar-refractivity contribution in [3.05, 3.63) is 45.6 Å². The van der Waals surface area contributed by atoms with Gasteiger partial charge in [0.2, 0.25) is 0 Å². The molecule has 0 unspecified atom stereocenters. The molecule has 0 atom stereocenters. The lowest BCUT2D eigenvalue weighted by Gasteiger charge is -2.14. The normalized spacial score (nSPS) is 11.4. The highest BCUT2D eigenvalue weighted by molar-refractivity contribution is 9.10. The molecule has 0 fully saturated rings. The molecule has 21 heavy (non-hydrogen) atoms. The van der Waals surface area contributed by atoms with Crippen molar-refractivity contribution in [1.29, 1.82) is 0 Å². The molecule has 0 aliphatic carbocycles. The Morgan fingerprint density at radius 1 is 1.19 bits per heavy atom. The molecule has 0 aliphatic rings. The van der Waals surface area contributed by atoms with Gasteiger partial charge in [-0.1, -0.05) is 6.07 Å². The highest BCUT2D eigenvalue weighted by Crippen LogP contribution is 2.27. The van der Waals surface area contributed by atoms with Crippen molar-refractivity contribution in [2.45, 2.75) is 25.7 Å². The summed E-state index contributed by atoms with van der Waals surface area (Å²) in [5, 5.41) is 0. The maximum atomic E-state index is 12.6. The first kappa shape index (κ1) is 15.8. The SMILES string of the molecule is Cc1cc(NS(=O)(=O)c2c(C)ccc(N)c2C)ncc1Br. The summed E-state index contributed by atoms with van der Waals surface area (Å²) in [6.45, 7) is 5.29. The van der Waals surface area contributed by atoms with E-state index in [1.165, 1.54) is 0 Å². The van der Waals surface area contributed by atoms with Crippen molar-refractivity contribution in [1.82, 2.24) is 4.98 Å². The molecule has 1 heterocycles. The van der Waals surface area contributed by atoms with Crippen LogP contribution in [-0.4, -0.2) is 13.4 Å². The lowest BCUT2D eigenvalue weighted by Crippen LogP contribution is -2.17. The van der Waals surface area contributed by atoms with Crippen molar-refractivity contribution < 1.29 is 8.42 Å². The molecule has 0 saturated carbocycles. The van der Waals surface area contributed by atoms with Crippen LogP contribution >= 0.6 is 15.9 Å². The quantitative estimate of drug-likeness (QED) is 0.813. The molecule has 1 aromatic carbocycles. The van der Waals surface area contributed by atoms with Gasteiger partial charge in [-0.2, -0.15) is 0 Å². The fraction of sp³-hybridized carbons (Fsp3) is 0.214. The summed E-state index contributed by atoms with van der Waals surface area (Å²) in [7, 11) is -3.73. The van der Waals surface area contributed by atoms with Crippen LogP contribution in [0.25, 0.3) is 0 Å². The number of sulfonamides is 1. The van der Waals surface area contributed by atoms with E-state index in [1.807, 2.05) is 6.92 Å². The molecule has 1 aromatic heterocycles. The summed E-state index contributed by atoms with van der Waals surface area (Å²) >= 11 is 3.33. The number of nitrogen functional groups attached to an aromatic ring is 1. The largest absolute Gasteiger partial charge is 0.398 e. The van der Waals surface area contributed by atoms with Crippen molar-refractivity contribution >= 4 is 37.5 Å². The third-order valence-corrected chi connectivity index (χ3v) is 5.67. The maximum Gasteiger partial charge on any atom is 0.263 e. The lowest BCUT2D eigenvalue weighted by molar-refractivity contribution is 0.600. The van der Waals surface area contributed by atoms with Gasteiger partial charge < -0.3 is 5.73 Å². The Hall–Kier alpha value is -1.60. The first-order valence-corrected chi connectivity index (χ1v) is 8.50. The number of nitrogens with zero attached hydrogens (tertiary/aromatic N) is 1. The molecule has 2 rings (SSSR count). The molecule has 0 bridgehead atoms. The first-order chi connectivity index (χ1) is 9.72. The number of rotatable bonds is 3. The summed E-state index contributed by atoms with van der Waals surface area (Å²) in [6.07, 6.45) is 1.56. The van der Waals surface area contributed by atoms with Gasteiger partial charge in [0.15, 0.2) is 0 Å². The van der Waals surface area contributed by atoms with E-state index < -0.39 is 10.0 Å². The van der Waals surface area contributed by atoms with E-state index in [1.54, 1.807) is 38.2 Å². The van der Waals surface area contributed by atoms with E-state index in [-0.39, 0.29) is 10.7 Å². The summed E-state index contributed by atoms with van der Waals surface area (Å²) < 4.78 is 28.5. The maximum absolute atomic E-state index is 12.6. The van der Waals surface area contributed by atoms with Gasteiger partial charge in [0.25, 0.3) is 10.0 Å². The number of hydrogen-bond donors (Lipinski definition) is 2. The van der Waals surface area contributed by atoms with E-state index in [4.69, 9.17) is 5.73 Å². The number of nitrogens with two attached hydrogens (primary N) is 1. The minimum atomic E-state index is -3.73. The topological polar surface area (TPSA) is 85.1 Å². The molecule has 5 nitrogen and oxygen atoms in total. The van der Waals surface area contributed by atoms with Crippen molar-refractivity contribution in [2.24, 2.45) is 0 Å². The summed E-state index contributed by atoms with van der Waals surface area (Å²) in [5.74, 6) is 0.275. The predicted molar refractivity (Wildman–Crippen MR) is 87.8 cm³/mol. The van der Waals surface area contributed by atoms with Crippen molar-refractivity contribution in [3.8, 4) is 0 Å². The Kier molecular flexibility index (Phi) is 4.25. The van der Waals surface area contributed by atoms with Gasteiger partial charge >= 0.3 is 0 Å². The van der Waals surface area contributed by atoms with Crippen LogP contribution in [0.15, 0.2) is 33.8 Å². The number of benzene rings is 1. The number of pyridine rings is 1. The lowest BCUT2D eigenvalue weighted by atomic mass is 10.1. The molecule has 3 N–H and O–H groups in total. The molecular weight excluding hydrogens is 354 g/mol. The summed E-state index contributed by atoms with van der Waals surface area (Å²) in [6, 6.07) is 5.06. The number of aryl methyl sites for hydroxylation is 2. The number of halogens is 1. The van der Waals surface area contributed by atoms with Crippen LogP contribution in [0.3, 0.4) is 0 Å². The van der Waals surface area contributed by atoms with Gasteiger partial charge in [-0.05, 0) is 65.5 Å². The van der Waals surface area contributed by atoms with Crippen LogP contribution < -0.4 is 10.5 Å². The molecule has 112 valence electrons. The summed E-state index contributed by atoms with van der Waals surface area (Å²) in [5.41, 5.74) is 8.33. The van der Waals surface area contributed by atoms with E-state index in [0.717, 1.165) is 10.0 Å². The third kappa shape index (κ3) is 3.19. The standard InChI is InChI=1S/C14H16BrN3O2S/c1-8-4-5-12(16)10(3)14(8)21(19,20)18-13-6-9(2)11(15)7-17-13/h4-7H,16H2,1-3H3,(H,17,18). The van der Waals surface area contributed by atoms with Crippen LogP contribution in [0.2, 0.25) is 0 Å². The molecule has 0 amide bonds. The van der Waals surface area contributed by atoms with E-state index in [2.05, 4.69) is 25.6 Å². The molecule has 7 heteroatoms. The fourth-order valence-electron chi connectivity index (χ4n) is 2.04. The van der Waals surface area contributed by atoms with Crippen molar-refractivity contribution in [3.63, 3.8) is 0 Å². The second-order valence-electron chi connectivity index (χ2n) is 4.85. The van der Waals surface area contributed by atoms with E-state index >= 15 is 0 Å². The van der Waals surface area contributed by atoms with Crippen LogP contribution in [0.1, 0.15) is 16.7 Å². The first-order valence-electron chi connectivity index (χ1n) is 6.23. The fourth-order valence-corrected chi connectivity index (χ4v) is 3.76. The van der Waals surface area contributed by atoms with Crippen LogP contribution in [0, 0.1) is 20.8 Å². The molecule has 0 radical (unpaired) electrons. The second-order valence-corrected chi connectivity index (χ2v) is 7.32. The molecule has 2 aromatic rings. The third-order valence-electron chi connectivity index (χ3n) is 3.20. The molecule has 0 saturated heterocycles. The minimum absolute atomic E-state index is 0.199. The van der Waals surface area contributed by atoms with Gasteiger partial charge in [0, 0.05) is 16.4 Å². The Morgan fingerprint density at radius 2 is 1.86 bits per heavy atom. The monoisotopic (exact) mass is 369 g/mol. The Labute approximate surface area is 132 Å². The van der Waals surface area contributed by atoms with Crippen LogP contribution in [0.5, 0.6) is 0 Å². The Morgan fingerprint density at radius 3 is 2.48 bits per heavy atom. The molecule has 0 spiro atoms. The minimum Gasteiger partial charge on any atom is -0.398 e. The number of hydrogen-bond acceptors (Lipinski definition) is 4. The van der Waals surface area contributed by atoms with Gasteiger partial charge in [0.1, 0.15) is 5.82 Å².